The molecular formula is C19H18FN3OS2. The minimum Gasteiger partial charge on any atom is -0.344 e. The summed E-state index contributed by atoms with van der Waals surface area (Å²) in [5, 5.41) is 4.05. The number of aromatic nitrogens is 2. The standard InChI is InChI=1S/C19H18FN3OS2/c1-9-15-10(2)21-11(3)22-19(15)26-16(9)18(24)23-14-7-8-25-17-12(14)5-4-6-13(17)20/h4-6,14H,7-8H2,1-3H3,(H,23,24)/t14-/m1/s1. The minimum absolute atomic E-state index is 0.130. The van der Waals surface area contributed by atoms with Gasteiger partial charge in [-0.25, -0.2) is 14.4 Å². The molecule has 3 aromatic rings. The highest BCUT2D eigenvalue weighted by Gasteiger charge is 2.26. The fraction of sp³-hybridized carbons (Fsp3) is 0.316. The lowest BCUT2D eigenvalue weighted by molar-refractivity contribution is 0.0938. The highest BCUT2D eigenvalue weighted by Crippen LogP contribution is 2.38. The van der Waals surface area contributed by atoms with E-state index in [2.05, 4.69) is 15.3 Å². The fourth-order valence-corrected chi connectivity index (χ4v) is 5.77. The number of halogens is 1. The molecule has 4 rings (SSSR count). The Morgan fingerprint density at radius 2 is 2.08 bits per heavy atom. The lowest BCUT2D eigenvalue weighted by Gasteiger charge is -2.26. The van der Waals surface area contributed by atoms with E-state index >= 15 is 0 Å². The molecule has 1 aliphatic rings. The van der Waals surface area contributed by atoms with E-state index in [0.29, 0.717) is 15.6 Å². The molecule has 0 radical (unpaired) electrons. The van der Waals surface area contributed by atoms with Crippen LogP contribution in [0.4, 0.5) is 4.39 Å². The van der Waals surface area contributed by atoms with E-state index in [4.69, 9.17) is 0 Å². The van der Waals surface area contributed by atoms with Gasteiger partial charge in [-0.3, -0.25) is 4.79 Å². The molecule has 1 amide bonds. The summed E-state index contributed by atoms with van der Waals surface area (Å²) >= 11 is 2.90. The van der Waals surface area contributed by atoms with Gasteiger partial charge in [0.05, 0.1) is 10.9 Å². The first-order valence-electron chi connectivity index (χ1n) is 8.42. The van der Waals surface area contributed by atoms with E-state index in [1.54, 1.807) is 6.07 Å². The smallest absolute Gasteiger partial charge is 0.262 e. The van der Waals surface area contributed by atoms with Crippen molar-refractivity contribution in [2.75, 3.05) is 5.75 Å². The van der Waals surface area contributed by atoms with Crippen molar-refractivity contribution in [3.8, 4) is 0 Å². The van der Waals surface area contributed by atoms with Gasteiger partial charge in [-0.15, -0.1) is 23.1 Å². The van der Waals surface area contributed by atoms with Gasteiger partial charge in [-0.05, 0) is 44.4 Å². The van der Waals surface area contributed by atoms with Crippen LogP contribution in [0.25, 0.3) is 10.2 Å². The predicted molar refractivity (Wildman–Crippen MR) is 104 cm³/mol. The van der Waals surface area contributed by atoms with Crippen molar-refractivity contribution in [1.29, 1.82) is 0 Å². The van der Waals surface area contributed by atoms with Crippen LogP contribution in [0.15, 0.2) is 23.1 Å². The van der Waals surface area contributed by atoms with E-state index in [-0.39, 0.29) is 17.8 Å². The predicted octanol–water partition coefficient (Wildman–Crippen LogP) is 4.72. The number of nitrogens with zero attached hydrogens (tertiary/aromatic N) is 2. The number of fused-ring (bicyclic) bond motifs is 2. The van der Waals surface area contributed by atoms with Gasteiger partial charge in [0.25, 0.3) is 5.91 Å². The maximum atomic E-state index is 14.0. The number of hydrogen-bond donors (Lipinski definition) is 1. The number of thioether (sulfide) groups is 1. The van der Waals surface area contributed by atoms with Gasteiger partial charge in [0.2, 0.25) is 0 Å². The largest absolute Gasteiger partial charge is 0.344 e. The van der Waals surface area contributed by atoms with Crippen molar-refractivity contribution in [2.24, 2.45) is 0 Å². The molecule has 0 aliphatic carbocycles. The van der Waals surface area contributed by atoms with Gasteiger partial charge in [0.15, 0.2) is 0 Å². The first kappa shape index (κ1) is 17.4. The average Bonchev–Trinajstić information content (AvgIpc) is 2.92. The molecule has 7 heteroatoms. The molecule has 0 bridgehead atoms. The molecule has 0 unspecified atom stereocenters. The van der Waals surface area contributed by atoms with Gasteiger partial charge in [-0.1, -0.05) is 12.1 Å². The highest BCUT2D eigenvalue weighted by molar-refractivity contribution is 7.99. The van der Waals surface area contributed by atoms with Crippen LogP contribution >= 0.6 is 23.1 Å². The van der Waals surface area contributed by atoms with Crippen molar-refractivity contribution >= 4 is 39.2 Å². The van der Waals surface area contributed by atoms with Crippen molar-refractivity contribution in [1.82, 2.24) is 15.3 Å². The summed E-state index contributed by atoms with van der Waals surface area (Å²) in [6.07, 6.45) is 0.786. The lowest BCUT2D eigenvalue weighted by atomic mass is 10.0. The number of hydrogen-bond acceptors (Lipinski definition) is 5. The number of aryl methyl sites for hydroxylation is 3. The normalized spacial score (nSPS) is 16.5. The average molecular weight is 388 g/mol. The summed E-state index contributed by atoms with van der Waals surface area (Å²) in [6, 6.07) is 4.89. The van der Waals surface area contributed by atoms with E-state index in [0.717, 1.165) is 39.2 Å². The maximum Gasteiger partial charge on any atom is 0.262 e. The van der Waals surface area contributed by atoms with Crippen molar-refractivity contribution in [3.05, 3.63) is 51.5 Å². The Balaban J connectivity index is 1.68. The Kier molecular flexibility index (Phi) is 4.44. The summed E-state index contributed by atoms with van der Waals surface area (Å²) in [6.45, 7) is 5.73. The Morgan fingerprint density at radius 3 is 2.88 bits per heavy atom. The van der Waals surface area contributed by atoms with Crippen LogP contribution in [-0.4, -0.2) is 21.6 Å². The molecule has 2 aromatic heterocycles. The molecule has 1 aliphatic heterocycles. The molecule has 4 nitrogen and oxygen atoms in total. The molecule has 0 saturated heterocycles. The van der Waals surface area contributed by atoms with E-state index in [1.807, 2.05) is 26.8 Å². The van der Waals surface area contributed by atoms with Crippen LogP contribution in [0.3, 0.4) is 0 Å². The Morgan fingerprint density at radius 1 is 1.27 bits per heavy atom. The second kappa shape index (κ2) is 6.63. The summed E-state index contributed by atoms with van der Waals surface area (Å²) in [5.41, 5.74) is 2.66. The van der Waals surface area contributed by atoms with E-state index in [9.17, 15) is 9.18 Å². The van der Waals surface area contributed by atoms with Crippen molar-refractivity contribution in [2.45, 2.75) is 38.1 Å². The number of benzene rings is 1. The topological polar surface area (TPSA) is 54.9 Å². The number of thiophene rings is 1. The van der Waals surface area contributed by atoms with Gasteiger partial charge in [0, 0.05) is 21.7 Å². The maximum absolute atomic E-state index is 14.0. The van der Waals surface area contributed by atoms with Crippen LogP contribution in [0.1, 0.15) is 44.8 Å². The van der Waals surface area contributed by atoms with Gasteiger partial charge in [0.1, 0.15) is 16.5 Å². The van der Waals surface area contributed by atoms with E-state index in [1.165, 1.54) is 29.2 Å². The number of rotatable bonds is 2. The molecule has 134 valence electrons. The Bertz CT molecular complexity index is 1030. The number of carbonyl (C=O) groups excluding carboxylic acids is 1. The van der Waals surface area contributed by atoms with Gasteiger partial charge < -0.3 is 5.32 Å². The molecule has 1 atom stereocenters. The third-order valence-electron chi connectivity index (χ3n) is 4.62. The van der Waals surface area contributed by atoms with Gasteiger partial charge >= 0.3 is 0 Å². The SMILES string of the molecule is Cc1nc(C)c2c(C)c(C(=O)N[C@@H]3CCSc4c(F)cccc43)sc2n1. The first-order valence-corrected chi connectivity index (χ1v) is 10.2. The van der Waals surface area contributed by atoms with Crippen molar-refractivity contribution in [3.63, 3.8) is 0 Å². The summed E-state index contributed by atoms with van der Waals surface area (Å²) in [7, 11) is 0. The summed E-state index contributed by atoms with van der Waals surface area (Å²) < 4.78 is 14.0. The first-order chi connectivity index (χ1) is 12.5. The van der Waals surface area contributed by atoms with Crippen LogP contribution < -0.4 is 5.32 Å². The number of amides is 1. The summed E-state index contributed by atoms with van der Waals surface area (Å²) in [4.78, 5) is 24.0. The molecule has 1 N–H and O–H groups in total. The van der Waals surface area contributed by atoms with Crippen LogP contribution in [0, 0.1) is 26.6 Å². The molecular weight excluding hydrogens is 369 g/mol. The van der Waals surface area contributed by atoms with E-state index < -0.39 is 0 Å². The number of carbonyl (C=O) groups is 1. The van der Waals surface area contributed by atoms with Crippen LogP contribution in [-0.2, 0) is 0 Å². The van der Waals surface area contributed by atoms with Crippen molar-refractivity contribution < 1.29 is 9.18 Å². The second-order valence-corrected chi connectivity index (χ2v) is 8.52. The van der Waals surface area contributed by atoms with Gasteiger partial charge in [-0.2, -0.15) is 0 Å². The monoisotopic (exact) mass is 387 g/mol. The lowest BCUT2D eigenvalue weighted by Crippen LogP contribution is -2.30. The Labute approximate surface area is 159 Å². The number of nitrogens with one attached hydrogen (secondary N) is 1. The Hall–Kier alpha value is -1.99. The fourth-order valence-electron chi connectivity index (χ4n) is 3.45. The molecule has 26 heavy (non-hydrogen) atoms. The van der Waals surface area contributed by atoms with Crippen LogP contribution in [0.5, 0.6) is 0 Å². The quantitative estimate of drug-likeness (QED) is 0.691. The third kappa shape index (κ3) is 2.89. The highest BCUT2D eigenvalue weighted by atomic mass is 32.2. The minimum atomic E-state index is -0.217. The molecule has 3 heterocycles. The zero-order valence-corrected chi connectivity index (χ0v) is 16.4. The summed E-state index contributed by atoms with van der Waals surface area (Å²) in [5.74, 6) is 1.14. The zero-order chi connectivity index (χ0) is 18.4. The second-order valence-electron chi connectivity index (χ2n) is 6.41. The molecule has 1 aromatic carbocycles. The third-order valence-corrected chi connectivity index (χ3v) is 6.96. The molecule has 0 fully saturated rings. The molecule has 0 spiro atoms. The zero-order valence-electron chi connectivity index (χ0n) is 14.7. The van der Waals surface area contributed by atoms with Crippen LogP contribution in [0.2, 0.25) is 0 Å². The molecule has 0 saturated carbocycles.